The molecule has 0 aliphatic rings. The number of aromatic nitrogens is 1. The Hall–Kier alpha value is -2.34. The summed E-state index contributed by atoms with van der Waals surface area (Å²) >= 11 is 3.32. The van der Waals surface area contributed by atoms with Gasteiger partial charge in [0.15, 0.2) is 0 Å². The standard InChI is InChI=1S/C15H13BrN2O3/c1-21-15(20)13(18-6-4-12(17)5-7-18)9-10-8-11(16)2-3-14(10)19/h2-9,17,19H,1H3/b13-9+. The molecule has 0 unspecified atom stereocenters. The maximum Gasteiger partial charge on any atom is 0.355 e. The number of methoxy groups -OCH3 is 1. The van der Waals surface area contributed by atoms with E-state index in [1.165, 1.54) is 23.8 Å². The minimum Gasteiger partial charge on any atom is -0.507 e. The lowest BCUT2D eigenvalue weighted by Gasteiger charge is -2.10. The van der Waals surface area contributed by atoms with Crippen molar-refractivity contribution in [3.05, 3.63) is 58.1 Å². The molecule has 2 rings (SSSR count). The van der Waals surface area contributed by atoms with E-state index in [2.05, 4.69) is 15.9 Å². The van der Waals surface area contributed by atoms with Crippen LogP contribution in [0.1, 0.15) is 5.56 Å². The molecule has 0 saturated heterocycles. The summed E-state index contributed by atoms with van der Waals surface area (Å²) < 4.78 is 7.08. The molecule has 2 N–H and O–H groups in total. The number of ether oxygens (including phenoxy) is 1. The first-order valence-electron chi connectivity index (χ1n) is 6.03. The maximum atomic E-state index is 11.9. The van der Waals surface area contributed by atoms with E-state index in [0.717, 1.165) is 4.47 Å². The zero-order valence-corrected chi connectivity index (χ0v) is 12.8. The lowest BCUT2D eigenvalue weighted by Crippen LogP contribution is -2.12. The molecular formula is C15H13BrN2O3. The molecule has 1 aromatic carbocycles. The van der Waals surface area contributed by atoms with Crippen molar-refractivity contribution in [1.29, 1.82) is 5.41 Å². The van der Waals surface area contributed by atoms with Gasteiger partial charge in [0.2, 0.25) is 0 Å². The Morgan fingerprint density at radius 1 is 1.33 bits per heavy atom. The van der Waals surface area contributed by atoms with Crippen molar-refractivity contribution in [2.45, 2.75) is 0 Å². The molecule has 1 aromatic heterocycles. The van der Waals surface area contributed by atoms with Gasteiger partial charge in [-0.05, 0) is 36.4 Å². The number of nitrogens with zero attached hydrogens (tertiary/aromatic N) is 1. The topological polar surface area (TPSA) is 75.3 Å². The van der Waals surface area contributed by atoms with Crippen molar-refractivity contribution in [3.8, 4) is 5.75 Å². The third kappa shape index (κ3) is 3.61. The fourth-order valence-electron chi connectivity index (χ4n) is 1.72. The zero-order valence-electron chi connectivity index (χ0n) is 11.2. The highest BCUT2D eigenvalue weighted by atomic mass is 79.9. The average Bonchev–Trinajstić information content (AvgIpc) is 2.48. The van der Waals surface area contributed by atoms with Gasteiger partial charge in [-0.1, -0.05) is 15.9 Å². The first-order chi connectivity index (χ1) is 10.0. The fraction of sp³-hybridized carbons (Fsp3) is 0.0667. The van der Waals surface area contributed by atoms with Crippen molar-refractivity contribution >= 4 is 33.7 Å². The number of phenols is 1. The van der Waals surface area contributed by atoms with Crippen LogP contribution in [-0.4, -0.2) is 22.8 Å². The molecule has 0 amide bonds. The number of carbonyl (C=O) groups excluding carboxylic acids is 1. The van der Waals surface area contributed by atoms with Crippen LogP contribution in [0.5, 0.6) is 5.75 Å². The number of aromatic hydroxyl groups is 1. The van der Waals surface area contributed by atoms with Gasteiger partial charge in [-0.2, -0.15) is 0 Å². The summed E-state index contributed by atoms with van der Waals surface area (Å²) in [6.45, 7) is 0. The lowest BCUT2D eigenvalue weighted by molar-refractivity contribution is -0.134. The van der Waals surface area contributed by atoms with E-state index in [1.54, 1.807) is 36.7 Å². The first-order valence-corrected chi connectivity index (χ1v) is 6.82. The highest BCUT2D eigenvalue weighted by molar-refractivity contribution is 9.10. The van der Waals surface area contributed by atoms with E-state index in [4.69, 9.17) is 10.1 Å². The summed E-state index contributed by atoms with van der Waals surface area (Å²) in [5.74, 6) is -0.491. The molecule has 6 heteroatoms. The van der Waals surface area contributed by atoms with Gasteiger partial charge in [-0.25, -0.2) is 4.79 Å². The van der Waals surface area contributed by atoms with E-state index in [1.807, 2.05) is 0 Å². The molecule has 0 atom stereocenters. The van der Waals surface area contributed by atoms with Crippen LogP contribution in [0.2, 0.25) is 0 Å². The Labute approximate surface area is 129 Å². The predicted molar refractivity (Wildman–Crippen MR) is 82.3 cm³/mol. The second-order valence-electron chi connectivity index (χ2n) is 4.22. The molecular weight excluding hydrogens is 336 g/mol. The molecule has 0 fully saturated rings. The number of halogens is 1. The molecule has 108 valence electrons. The van der Waals surface area contributed by atoms with Crippen LogP contribution in [0.25, 0.3) is 11.8 Å². The van der Waals surface area contributed by atoms with E-state index in [9.17, 15) is 9.90 Å². The quantitative estimate of drug-likeness (QED) is 0.661. The van der Waals surface area contributed by atoms with Gasteiger partial charge >= 0.3 is 5.97 Å². The molecule has 2 aromatic rings. The van der Waals surface area contributed by atoms with Crippen LogP contribution >= 0.6 is 15.9 Å². The van der Waals surface area contributed by atoms with Crippen molar-refractivity contribution < 1.29 is 14.6 Å². The van der Waals surface area contributed by atoms with Crippen LogP contribution in [-0.2, 0) is 9.53 Å². The SMILES string of the molecule is COC(=O)/C(=C\c1cc(Br)ccc1O)n1ccc(=N)cc1. The summed E-state index contributed by atoms with van der Waals surface area (Å²) in [5.41, 5.74) is 0.707. The Kier molecular flexibility index (Phi) is 4.59. The molecule has 5 nitrogen and oxygen atoms in total. The Morgan fingerprint density at radius 2 is 2.00 bits per heavy atom. The third-order valence-corrected chi connectivity index (χ3v) is 3.28. The molecule has 0 aliphatic heterocycles. The van der Waals surface area contributed by atoms with Crippen molar-refractivity contribution in [3.63, 3.8) is 0 Å². The number of pyridine rings is 1. The largest absolute Gasteiger partial charge is 0.507 e. The summed E-state index contributed by atoms with van der Waals surface area (Å²) in [5, 5.41) is 17.7. The van der Waals surface area contributed by atoms with Crippen LogP contribution in [0.4, 0.5) is 0 Å². The number of esters is 1. The van der Waals surface area contributed by atoms with Gasteiger partial charge < -0.3 is 19.8 Å². The number of nitrogens with one attached hydrogen (secondary N) is 1. The molecule has 0 spiro atoms. The van der Waals surface area contributed by atoms with Gasteiger partial charge in [-0.3, -0.25) is 0 Å². The Morgan fingerprint density at radius 3 is 2.62 bits per heavy atom. The average molecular weight is 349 g/mol. The predicted octanol–water partition coefficient (Wildman–Crippen LogP) is 2.61. The van der Waals surface area contributed by atoms with Crippen LogP contribution < -0.4 is 5.36 Å². The molecule has 0 bridgehead atoms. The minimum absolute atomic E-state index is 0.0531. The smallest absolute Gasteiger partial charge is 0.355 e. The maximum absolute atomic E-state index is 11.9. The monoisotopic (exact) mass is 348 g/mol. The van der Waals surface area contributed by atoms with Crippen molar-refractivity contribution in [2.75, 3.05) is 7.11 Å². The van der Waals surface area contributed by atoms with E-state index < -0.39 is 5.97 Å². The van der Waals surface area contributed by atoms with E-state index >= 15 is 0 Å². The second-order valence-corrected chi connectivity index (χ2v) is 5.13. The number of carbonyl (C=O) groups is 1. The summed E-state index contributed by atoms with van der Waals surface area (Å²) in [7, 11) is 1.29. The highest BCUT2D eigenvalue weighted by Crippen LogP contribution is 2.25. The lowest BCUT2D eigenvalue weighted by atomic mass is 10.1. The summed E-state index contributed by atoms with van der Waals surface area (Å²) in [4.78, 5) is 11.9. The number of hydrogen-bond donors (Lipinski definition) is 2. The first kappa shape index (κ1) is 15.1. The molecule has 21 heavy (non-hydrogen) atoms. The Balaban J connectivity index is 2.57. The van der Waals surface area contributed by atoms with Gasteiger partial charge in [0.1, 0.15) is 11.4 Å². The third-order valence-electron chi connectivity index (χ3n) is 2.78. The van der Waals surface area contributed by atoms with E-state index in [0.29, 0.717) is 10.9 Å². The Bertz CT molecular complexity index is 745. The number of benzene rings is 1. The van der Waals surface area contributed by atoms with Gasteiger partial charge in [0, 0.05) is 22.4 Å². The highest BCUT2D eigenvalue weighted by Gasteiger charge is 2.12. The van der Waals surface area contributed by atoms with Gasteiger partial charge in [-0.15, -0.1) is 0 Å². The molecule has 0 radical (unpaired) electrons. The number of phenolic OH excluding ortho intramolecular Hbond substituents is 1. The molecule has 0 aliphatic carbocycles. The molecule has 1 heterocycles. The number of rotatable bonds is 3. The van der Waals surface area contributed by atoms with Gasteiger partial charge in [0.05, 0.1) is 12.5 Å². The normalized spacial score (nSPS) is 11.2. The van der Waals surface area contributed by atoms with Crippen LogP contribution in [0.3, 0.4) is 0 Å². The van der Waals surface area contributed by atoms with E-state index in [-0.39, 0.29) is 11.4 Å². The van der Waals surface area contributed by atoms with Crippen LogP contribution in [0, 0.1) is 5.41 Å². The van der Waals surface area contributed by atoms with Gasteiger partial charge in [0.25, 0.3) is 0 Å². The summed E-state index contributed by atoms with van der Waals surface area (Å²) in [6.07, 6.45) is 4.69. The van der Waals surface area contributed by atoms with Crippen molar-refractivity contribution in [2.24, 2.45) is 0 Å². The summed E-state index contributed by atoms with van der Waals surface area (Å²) in [6, 6.07) is 8.03. The fourth-order valence-corrected chi connectivity index (χ4v) is 2.10. The zero-order chi connectivity index (χ0) is 15.4. The molecule has 0 saturated carbocycles. The van der Waals surface area contributed by atoms with Crippen LogP contribution in [0.15, 0.2) is 47.2 Å². The van der Waals surface area contributed by atoms with Crippen molar-refractivity contribution in [1.82, 2.24) is 4.57 Å². The minimum atomic E-state index is -0.544. The second kappa shape index (κ2) is 6.41. The number of hydrogen-bond acceptors (Lipinski definition) is 4.